The SMILES string of the molecule is CC1CCN(c2ncnc(NNC(=O)c3ccccc3F)c2[N+](=O)[O-])CC1. The standard InChI is InChI=1S/C17H19FN6O3/c1-11-6-8-23(9-7-11)16-14(24(26)27)15(19-10-20-16)21-22-17(25)12-4-2-3-5-13(12)18/h2-5,10-11H,6-9H2,1H3,(H,22,25)(H,19,20,21). The van der Waals surface area contributed by atoms with E-state index in [0.717, 1.165) is 18.9 Å². The zero-order valence-corrected chi connectivity index (χ0v) is 14.7. The predicted molar refractivity (Wildman–Crippen MR) is 96.8 cm³/mol. The van der Waals surface area contributed by atoms with E-state index in [0.29, 0.717) is 19.0 Å². The van der Waals surface area contributed by atoms with Crippen LogP contribution < -0.4 is 15.8 Å². The van der Waals surface area contributed by atoms with Gasteiger partial charge in [-0.1, -0.05) is 19.1 Å². The van der Waals surface area contributed by atoms with Gasteiger partial charge in [0.05, 0.1) is 10.5 Å². The quantitative estimate of drug-likeness (QED) is 0.611. The van der Waals surface area contributed by atoms with E-state index < -0.39 is 16.6 Å². The van der Waals surface area contributed by atoms with Gasteiger partial charge < -0.3 is 4.90 Å². The van der Waals surface area contributed by atoms with Crippen LogP contribution in [0.5, 0.6) is 0 Å². The van der Waals surface area contributed by atoms with Crippen LogP contribution in [0.4, 0.5) is 21.7 Å². The van der Waals surface area contributed by atoms with E-state index in [1.807, 2.05) is 4.90 Å². The van der Waals surface area contributed by atoms with Gasteiger partial charge in [0.25, 0.3) is 5.91 Å². The van der Waals surface area contributed by atoms with Crippen molar-refractivity contribution in [1.82, 2.24) is 15.4 Å². The highest BCUT2D eigenvalue weighted by molar-refractivity contribution is 5.95. The molecule has 0 radical (unpaired) electrons. The first kappa shape index (κ1) is 18.5. The molecule has 0 aliphatic carbocycles. The fraction of sp³-hybridized carbons (Fsp3) is 0.353. The summed E-state index contributed by atoms with van der Waals surface area (Å²) in [5.74, 6) is -0.871. The number of carbonyl (C=O) groups excluding carboxylic acids is 1. The third-order valence-electron chi connectivity index (χ3n) is 4.48. The molecule has 1 amide bonds. The van der Waals surface area contributed by atoms with Crippen LogP contribution in [0.3, 0.4) is 0 Å². The summed E-state index contributed by atoms with van der Waals surface area (Å²) in [6.45, 7) is 3.44. The third-order valence-corrected chi connectivity index (χ3v) is 4.48. The first-order valence-electron chi connectivity index (χ1n) is 8.52. The molecule has 2 aromatic rings. The molecule has 3 rings (SSSR count). The second kappa shape index (κ2) is 7.94. The lowest BCUT2D eigenvalue weighted by Crippen LogP contribution is -2.35. The van der Waals surface area contributed by atoms with E-state index in [1.54, 1.807) is 0 Å². The number of hydrazine groups is 1. The maximum atomic E-state index is 13.7. The minimum atomic E-state index is -0.769. The number of piperidine rings is 1. The molecule has 0 spiro atoms. The number of rotatable bonds is 5. The Balaban J connectivity index is 1.81. The number of carbonyl (C=O) groups is 1. The Bertz CT molecular complexity index is 854. The van der Waals surface area contributed by atoms with Crippen LogP contribution in [-0.4, -0.2) is 33.9 Å². The van der Waals surface area contributed by atoms with E-state index in [2.05, 4.69) is 27.7 Å². The molecule has 1 saturated heterocycles. The van der Waals surface area contributed by atoms with Gasteiger partial charge in [0, 0.05) is 13.1 Å². The number of hydrogen-bond acceptors (Lipinski definition) is 7. The molecular weight excluding hydrogens is 355 g/mol. The molecule has 0 unspecified atom stereocenters. The molecule has 10 heteroatoms. The number of nitrogens with zero attached hydrogens (tertiary/aromatic N) is 4. The molecule has 1 aromatic heterocycles. The molecule has 1 fully saturated rings. The molecule has 2 heterocycles. The van der Waals surface area contributed by atoms with Gasteiger partial charge in [0.15, 0.2) is 0 Å². The lowest BCUT2D eigenvalue weighted by Gasteiger charge is -2.30. The average molecular weight is 374 g/mol. The normalized spacial score (nSPS) is 14.7. The number of nitrogens with one attached hydrogen (secondary N) is 2. The molecule has 1 aromatic carbocycles. The van der Waals surface area contributed by atoms with Gasteiger partial charge in [-0.2, -0.15) is 0 Å². The maximum Gasteiger partial charge on any atom is 0.355 e. The van der Waals surface area contributed by atoms with Crippen molar-refractivity contribution in [2.45, 2.75) is 19.8 Å². The van der Waals surface area contributed by atoms with Gasteiger partial charge in [-0.15, -0.1) is 0 Å². The molecule has 27 heavy (non-hydrogen) atoms. The summed E-state index contributed by atoms with van der Waals surface area (Å²) in [6.07, 6.45) is 3.01. The fourth-order valence-corrected chi connectivity index (χ4v) is 2.91. The van der Waals surface area contributed by atoms with Gasteiger partial charge in [-0.05, 0) is 30.9 Å². The summed E-state index contributed by atoms with van der Waals surface area (Å²) in [7, 11) is 0. The zero-order valence-electron chi connectivity index (χ0n) is 14.7. The van der Waals surface area contributed by atoms with Crippen molar-refractivity contribution >= 4 is 23.2 Å². The zero-order chi connectivity index (χ0) is 19.4. The van der Waals surface area contributed by atoms with Gasteiger partial charge in [0.2, 0.25) is 11.6 Å². The van der Waals surface area contributed by atoms with Crippen LogP contribution in [0.15, 0.2) is 30.6 Å². The van der Waals surface area contributed by atoms with Crippen molar-refractivity contribution in [3.8, 4) is 0 Å². The monoisotopic (exact) mass is 374 g/mol. The highest BCUT2D eigenvalue weighted by atomic mass is 19.1. The van der Waals surface area contributed by atoms with Crippen molar-refractivity contribution in [1.29, 1.82) is 0 Å². The van der Waals surface area contributed by atoms with Crippen LogP contribution in [0.25, 0.3) is 0 Å². The number of benzene rings is 1. The van der Waals surface area contributed by atoms with Crippen LogP contribution in [0.1, 0.15) is 30.1 Å². The minimum Gasteiger partial charge on any atom is -0.351 e. The highest BCUT2D eigenvalue weighted by Gasteiger charge is 2.29. The Morgan fingerprint density at radius 2 is 2.00 bits per heavy atom. The summed E-state index contributed by atoms with van der Waals surface area (Å²) >= 11 is 0. The Kier molecular flexibility index (Phi) is 5.43. The van der Waals surface area contributed by atoms with E-state index in [9.17, 15) is 19.3 Å². The summed E-state index contributed by atoms with van der Waals surface area (Å²) in [4.78, 5) is 32.9. The molecular formula is C17H19FN6O3. The Morgan fingerprint density at radius 3 is 2.67 bits per heavy atom. The van der Waals surface area contributed by atoms with E-state index in [-0.39, 0.29) is 22.9 Å². The summed E-state index contributed by atoms with van der Waals surface area (Å²) in [5, 5.41) is 11.6. The summed E-state index contributed by atoms with van der Waals surface area (Å²) in [5.41, 5.74) is 4.15. The van der Waals surface area contributed by atoms with Crippen molar-refractivity contribution in [2.75, 3.05) is 23.4 Å². The topological polar surface area (TPSA) is 113 Å². The first-order valence-corrected chi connectivity index (χ1v) is 8.52. The first-order chi connectivity index (χ1) is 13.0. The van der Waals surface area contributed by atoms with Gasteiger partial charge >= 0.3 is 5.69 Å². The molecule has 0 atom stereocenters. The van der Waals surface area contributed by atoms with Gasteiger partial charge in [0.1, 0.15) is 12.1 Å². The largest absolute Gasteiger partial charge is 0.355 e. The minimum absolute atomic E-state index is 0.159. The van der Waals surface area contributed by atoms with Gasteiger partial charge in [-0.3, -0.25) is 25.8 Å². The van der Waals surface area contributed by atoms with Crippen LogP contribution in [0.2, 0.25) is 0 Å². The van der Waals surface area contributed by atoms with Gasteiger partial charge in [-0.25, -0.2) is 14.4 Å². The molecule has 1 aliphatic heterocycles. The number of halogens is 1. The molecule has 2 N–H and O–H groups in total. The Hall–Kier alpha value is -3.30. The molecule has 142 valence electrons. The van der Waals surface area contributed by atoms with Crippen LogP contribution >= 0.6 is 0 Å². The molecule has 1 aliphatic rings. The smallest absolute Gasteiger partial charge is 0.351 e. The number of amides is 1. The second-order valence-electron chi connectivity index (χ2n) is 6.38. The van der Waals surface area contributed by atoms with Crippen molar-refractivity contribution in [2.24, 2.45) is 5.92 Å². The lowest BCUT2D eigenvalue weighted by atomic mass is 9.99. The lowest BCUT2D eigenvalue weighted by molar-refractivity contribution is -0.383. The number of nitro groups is 1. The summed E-state index contributed by atoms with van der Waals surface area (Å²) in [6, 6.07) is 5.43. The third kappa shape index (κ3) is 4.10. The maximum absolute atomic E-state index is 13.7. The molecule has 0 saturated carbocycles. The van der Waals surface area contributed by atoms with E-state index in [4.69, 9.17) is 0 Å². The predicted octanol–water partition coefficient (Wildman–Crippen LogP) is 2.52. The van der Waals surface area contributed by atoms with E-state index >= 15 is 0 Å². The molecule has 0 bridgehead atoms. The van der Waals surface area contributed by atoms with E-state index in [1.165, 1.54) is 24.5 Å². The number of anilines is 2. The average Bonchev–Trinajstić information content (AvgIpc) is 2.66. The van der Waals surface area contributed by atoms with Crippen molar-refractivity contribution < 1.29 is 14.1 Å². The van der Waals surface area contributed by atoms with Crippen LogP contribution in [0, 0.1) is 21.8 Å². The fourth-order valence-electron chi connectivity index (χ4n) is 2.91. The molecule has 9 nitrogen and oxygen atoms in total. The second-order valence-corrected chi connectivity index (χ2v) is 6.38. The number of hydrogen-bond donors (Lipinski definition) is 2. The van der Waals surface area contributed by atoms with Crippen molar-refractivity contribution in [3.63, 3.8) is 0 Å². The Morgan fingerprint density at radius 1 is 1.30 bits per heavy atom. The number of aromatic nitrogens is 2. The Labute approximate surface area is 154 Å². The highest BCUT2D eigenvalue weighted by Crippen LogP contribution is 2.33. The van der Waals surface area contributed by atoms with Crippen LogP contribution in [-0.2, 0) is 0 Å². The van der Waals surface area contributed by atoms with Crippen molar-refractivity contribution in [3.05, 3.63) is 52.1 Å². The summed E-state index contributed by atoms with van der Waals surface area (Å²) < 4.78 is 13.7.